The Balaban J connectivity index is 1.46. The summed E-state index contributed by atoms with van der Waals surface area (Å²) in [6.45, 7) is 0. The summed E-state index contributed by atoms with van der Waals surface area (Å²) in [5.41, 5.74) is 1.77. The molecule has 2 amide bonds. The largest absolute Gasteiger partial charge is 0.316 e. The van der Waals surface area contributed by atoms with Crippen molar-refractivity contribution in [2.24, 2.45) is 0 Å². The highest BCUT2D eigenvalue weighted by Crippen LogP contribution is 2.30. The van der Waals surface area contributed by atoms with Gasteiger partial charge in [-0.3, -0.25) is 9.59 Å². The molecule has 0 spiro atoms. The van der Waals surface area contributed by atoms with Gasteiger partial charge in [0.25, 0.3) is 5.91 Å². The predicted molar refractivity (Wildman–Crippen MR) is 110 cm³/mol. The number of aromatic nitrogens is 1. The van der Waals surface area contributed by atoms with Gasteiger partial charge in [-0.25, -0.2) is 4.98 Å². The third-order valence-electron chi connectivity index (χ3n) is 5.04. The van der Waals surface area contributed by atoms with Crippen molar-refractivity contribution in [3.63, 3.8) is 0 Å². The Labute approximate surface area is 167 Å². The number of benzene rings is 1. The van der Waals surface area contributed by atoms with Gasteiger partial charge in [-0.15, -0.1) is 23.1 Å². The predicted octanol–water partition coefficient (Wildman–Crippen LogP) is 3.96. The maximum atomic E-state index is 12.9. The first-order valence-corrected chi connectivity index (χ1v) is 11.4. The van der Waals surface area contributed by atoms with Gasteiger partial charge in [-0.1, -0.05) is 31.0 Å². The number of anilines is 1. The zero-order chi connectivity index (χ0) is 18.6. The molecule has 1 unspecified atom stereocenters. The fraction of sp³-hybridized carbons (Fsp3) is 0.450. The number of rotatable bonds is 3. The lowest BCUT2D eigenvalue weighted by molar-refractivity contribution is -0.119. The lowest BCUT2D eigenvalue weighted by Crippen LogP contribution is -2.44. The molecule has 1 aliphatic heterocycles. The van der Waals surface area contributed by atoms with Crippen LogP contribution in [0.2, 0.25) is 0 Å². The van der Waals surface area contributed by atoms with Crippen LogP contribution in [0.1, 0.15) is 46.6 Å². The lowest BCUT2D eigenvalue weighted by Gasteiger charge is -2.22. The molecule has 1 atom stereocenters. The Bertz CT molecular complexity index is 796. The summed E-state index contributed by atoms with van der Waals surface area (Å²) in [4.78, 5) is 33.3. The van der Waals surface area contributed by atoms with Crippen LogP contribution in [0.5, 0.6) is 0 Å². The summed E-state index contributed by atoms with van der Waals surface area (Å²) >= 11 is 3.21. The highest BCUT2D eigenvalue weighted by atomic mass is 32.2. The van der Waals surface area contributed by atoms with Crippen molar-refractivity contribution >= 4 is 40.0 Å². The molecule has 1 N–H and O–H groups in total. The number of amides is 2. The summed E-state index contributed by atoms with van der Waals surface area (Å²) in [6.07, 6.45) is 6.95. The smallest absolute Gasteiger partial charge is 0.255 e. The van der Waals surface area contributed by atoms with Crippen LogP contribution >= 0.6 is 23.1 Å². The molecule has 1 aliphatic carbocycles. The minimum Gasteiger partial charge on any atom is -0.316 e. The van der Waals surface area contributed by atoms with Gasteiger partial charge in [0.1, 0.15) is 6.04 Å². The number of carbonyl (C=O) groups excluding carboxylic acids is 2. The zero-order valence-corrected chi connectivity index (χ0v) is 16.8. The summed E-state index contributed by atoms with van der Waals surface area (Å²) < 4.78 is 0. The zero-order valence-electron chi connectivity index (χ0n) is 15.1. The van der Waals surface area contributed by atoms with Gasteiger partial charge in [0.2, 0.25) is 5.91 Å². The standard InChI is InChI=1S/C20H23N3O2S2/c24-18(22-20-21-15-10-6-1-2-7-11-17(15)27-20)16-12-26-13-23(16)19(25)14-8-4-3-5-9-14/h3-5,8-9,16H,1-2,6-7,10-13H2,(H,21,22,24). The molecule has 2 aliphatic rings. The number of nitrogens with one attached hydrogen (secondary N) is 1. The van der Waals surface area contributed by atoms with Gasteiger partial charge >= 0.3 is 0 Å². The van der Waals surface area contributed by atoms with E-state index in [1.165, 1.54) is 30.6 Å². The number of carbonyl (C=O) groups is 2. The van der Waals surface area contributed by atoms with E-state index in [0.29, 0.717) is 22.3 Å². The molecule has 1 aromatic carbocycles. The van der Waals surface area contributed by atoms with E-state index in [9.17, 15) is 9.59 Å². The van der Waals surface area contributed by atoms with E-state index in [-0.39, 0.29) is 11.8 Å². The first kappa shape index (κ1) is 18.5. The second-order valence-corrected chi connectivity index (χ2v) is 9.03. The molecule has 7 heteroatoms. The fourth-order valence-corrected chi connectivity index (χ4v) is 5.76. The third kappa shape index (κ3) is 4.19. The van der Waals surface area contributed by atoms with E-state index in [1.54, 1.807) is 40.1 Å². The van der Waals surface area contributed by atoms with E-state index in [2.05, 4.69) is 10.3 Å². The third-order valence-corrected chi connectivity index (χ3v) is 7.13. The number of hydrogen-bond donors (Lipinski definition) is 1. The summed E-state index contributed by atoms with van der Waals surface area (Å²) in [6, 6.07) is 8.71. The second-order valence-electron chi connectivity index (χ2n) is 6.95. The number of nitrogens with zero attached hydrogens (tertiary/aromatic N) is 2. The lowest BCUT2D eigenvalue weighted by atomic mass is 10.0. The first-order chi connectivity index (χ1) is 13.2. The van der Waals surface area contributed by atoms with Crippen LogP contribution in [0.3, 0.4) is 0 Å². The van der Waals surface area contributed by atoms with Gasteiger partial charge in [0, 0.05) is 16.2 Å². The van der Waals surface area contributed by atoms with E-state index in [1.807, 2.05) is 18.2 Å². The number of aryl methyl sites for hydroxylation is 2. The van der Waals surface area contributed by atoms with Gasteiger partial charge in [-0.2, -0.15) is 0 Å². The maximum Gasteiger partial charge on any atom is 0.255 e. The van der Waals surface area contributed by atoms with Crippen molar-refractivity contribution in [2.75, 3.05) is 16.9 Å². The topological polar surface area (TPSA) is 62.3 Å². The normalized spacial score (nSPS) is 19.9. The van der Waals surface area contributed by atoms with Gasteiger partial charge in [-0.05, 0) is 37.8 Å². The minimum atomic E-state index is -0.450. The molecule has 0 bridgehead atoms. The Kier molecular flexibility index (Phi) is 5.78. The number of hydrogen-bond acceptors (Lipinski definition) is 5. The van der Waals surface area contributed by atoms with Crippen molar-refractivity contribution in [2.45, 2.75) is 44.6 Å². The van der Waals surface area contributed by atoms with Crippen LogP contribution in [0.15, 0.2) is 30.3 Å². The number of thiazole rings is 1. The van der Waals surface area contributed by atoms with Crippen molar-refractivity contribution in [3.8, 4) is 0 Å². The summed E-state index contributed by atoms with van der Waals surface area (Å²) in [7, 11) is 0. The van der Waals surface area contributed by atoms with Crippen molar-refractivity contribution in [1.29, 1.82) is 0 Å². The van der Waals surface area contributed by atoms with Gasteiger partial charge in [0.05, 0.1) is 11.6 Å². The Morgan fingerprint density at radius 1 is 1.07 bits per heavy atom. The second kappa shape index (κ2) is 8.44. The van der Waals surface area contributed by atoms with Crippen LogP contribution in [-0.2, 0) is 17.6 Å². The molecule has 1 aromatic heterocycles. The molecule has 142 valence electrons. The average molecular weight is 402 g/mol. The van der Waals surface area contributed by atoms with Crippen LogP contribution in [0.25, 0.3) is 0 Å². The van der Waals surface area contributed by atoms with Crippen molar-refractivity contribution in [3.05, 3.63) is 46.5 Å². The molecule has 27 heavy (non-hydrogen) atoms. The average Bonchev–Trinajstić information content (AvgIpc) is 3.29. The Morgan fingerprint density at radius 3 is 2.67 bits per heavy atom. The van der Waals surface area contributed by atoms with E-state index >= 15 is 0 Å². The molecule has 1 fully saturated rings. The van der Waals surface area contributed by atoms with Gasteiger partial charge in [0.15, 0.2) is 5.13 Å². The Hall–Kier alpha value is -1.86. The van der Waals surface area contributed by atoms with Crippen LogP contribution in [0.4, 0.5) is 5.13 Å². The molecule has 2 heterocycles. The fourth-order valence-electron chi connectivity index (χ4n) is 3.55. The number of fused-ring (bicyclic) bond motifs is 1. The summed E-state index contributed by atoms with van der Waals surface area (Å²) in [5, 5.41) is 3.66. The minimum absolute atomic E-state index is 0.0906. The molecule has 2 aromatic rings. The van der Waals surface area contributed by atoms with Crippen molar-refractivity contribution in [1.82, 2.24) is 9.88 Å². The van der Waals surface area contributed by atoms with Crippen molar-refractivity contribution < 1.29 is 9.59 Å². The highest BCUT2D eigenvalue weighted by molar-refractivity contribution is 7.99. The molecule has 1 saturated heterocycles. The SMILES string of the molecule is O=C(Nc1nc2c(s1)CCCCCC2)C1CSCN1C(=O)c1ccccc1. The van der Waals surface area contributed by atoms with Crippen LogP contribution in [0, 0.1) is 0 Å². The molecule has 5 nitrogen and oxygen atoms in total. The maximum absolute atomic E-state index is 12.9. The van der Waals surface area contributed by atoms with Crippen LogP contribution in [-0.4, -0.2) is 39.4 Å². The molecule has 4 rings (SSSR count). The number of thioether (sulfide) groups is 1. The Morgan fingerprint density at radius 2 is 1.85 bits per heavy atom. The van der Waals surface area contributed by atoms with E-state index in [4.69, 9.17) is 0 Å². The highest BCUT2D eigenvalue weighted by Gasteiger charge is 2.35. The van der Waals surface area contributed by atoms with E-state index in [0.717, 1.165) is 18.5 Å². The first-order valence-electron chi connectivity index (χ1n) is 9.45. The molecule has 0 radical (unpaired) electrons. The summed E-state index contributed by atoms with van der Waals surface area (Å²) in [5.74, 6) is 0.938. The monoisotopic (exact) mass is 401 g/mol. The van der Waals surface area contributed by atoms with Gasteiger partial charge < -0.3 is 10.2 Å². The quantitative estimate of drug-likeness (QED) is 0.846. The molecular weight excluding hydrogens is 378 g/mol. The van der Waals surface area contributed by atoms with Crippen LogP contribution < -0.4 is 5.32 Å². The van der Waals surface area contributed by atoms with E-state index < -0.39 is 6.04 Å². The molecular formula is C20H23N3O2S2. The molecule has 0 saturated carbocycles.